The Morgan fingerprint density at radius 3 is 2.68 bits per heavy atom. The molecule has 0 atom stereocenters. The minimum absolute atomic E-state index is 0.0210. The van der Waals surface area contributed by atoms with E-state index in [1.54, 1.807) is 24.3 Å². The van der Waals surface area contributed by atoms with E-state index in [1.165, 1.54) is 12.1 Å². The third-order valence-electron chi connectivity index (χ3n) is 2.97. The van der Waals surface area contributed by atoms with Gasteiger partial charge in [0.25, 0.3) is 0 Å². The van der Waals surface area contributed by atoms with E-state index in [-0.39, 0.29) is 12.2 Å². The first kappa shape index (κ1) is 14.7. The Morgan fingerprint density at radius 1 is 1.14 bits per heavy atom. The Hall–Kier alpha value is -2.18. The number of hydrogen-bond acceptors (Lipinski definition) is 4. The molecule has 0 spiro atoms. The fourth-order valence-corrected chi connectivity index (χ4v) is 2.31. The number of H-pyrrole nitrogens is 1. The third-order valence-corrected chi connectivity index (χ3v) is 3.62. The molecule has 0 amide bonds. The number of aromatic amines is 1. The van der Waals surface area contributed by atoms with Crippen LogP contribution in [0.25, 0.3) is 11.4 Å². The quantitative estimate of drug-likeness (QED) is 0.783. The van der Waals surface area contributed by atoms with Crippen molar-refractivity contribution in [2.24, 2.45) is 0 Å². The molecule has 5 nitrogen and oxygen atoms in total. The summed E-state index contributed by atoms with van der Waals surface area (Å²) in [7, 11) is 0. The van der Waals surface area contributed by atoms with E-state index in [0.717, 1.165) is 0 Å². The second-order valence-corrected chi connectivity index (χ2v) is 5.18. The molecule has 8 heteroatoms. The predicted octanol–water partition coefficient (Wildman–Crippen LogP) is 3.89. The number of nitrogens with zero attached hydrogens (tertiary/aromatic N) is 3. The number of tetrazole rings is 1. The van der Waals surface area contributed by atoms with Crippen LogP contribution in [-0.2, 0) is 6.61 Å². The van der Waals surface area contributed by atoms with Gasteiger partial charge in [-0.15, -0.1) is 10.2 Å². The van der Waals surface area contributed by atoms with Gasteiger partial charge in [-0.1, -0.05) is 29.3 Å². The van der Waals surface area contributed by atoms with Gasteiger partial charge in [0.05, 0.1) is 10.0 Å². The van der Waals surface area contributed by atoms with Crippen LogP contribution in [-0.4, -0.2) is 20.6 Å². The van der Waals surface area contributed by atoms with E-state index >= 15 is 0 Å². The Kier molecular flexibility index (Phi) is 4.22. The van der Waals surface area contributed by atoms with Crippen LogP contribution in [0.3, 0.4) is 0 Å². The fraction of sp³-hybridized carbons (Fsp3) is 0.0714. The summed E-state index contributed by atoms with van der Waals surface area (Å²) in [6, 6.07) is 9.49. The molecule has 3 aromatic rings. The number of halogens is 3. The van der Waals surface area contributed by atoms with Crippen LogP contribution < -0.4 is 4.74 Å². The highest BCUT2D eigenvalue weighted by atomic mass is 35.5. The summed E-state index contributed by atoms with van der Waals surface area (Å²) in [5.74, 6) is 0.408. The van der Waals surface area contributed by atoms with Crippen LogP contribution in [0.2, 0.25) is 10.0 Å². The Labute approximate surface area is 135 Å². The zero-order chi connectivity index (χ0) is 15.5. The summed E-state index contributed by atoms with van der Waals surface area (Å²) >= 11 is 12.1. The summed E-state index contributed by atoms with van der Waals surface area (Å²) in [6.45, 7) is -0.0210. The van der Waals surface area contributed by atoms with Crippen LogP contribution >= 0.6 is 23.2 Å². The highest BCUT2D eigenvalue weighted by molar-refractivity contribution is 6.32. The standard InChI is InChI=1S/C14H9Cl2FN4O/c15-10-2-1-3-12(17)9(10)7-22-13-5-4-8(6-11(13)16)14-18-20-21-19-14/h1-6H,7H2,(H,18,19,20,21). The van der Waals surface area contributed by atoms with E-state index < -0.39 is 5.82 Å². The van der Waals surface area contributed by atoms with Gasteiger partial charge in [-0.2, -0.15) is 5.21 Å². The zero-order valence-electron chi connectivity index (χ0n) is 11.1. The molecule has 2 aromatic carbocycles. The van der Waals surface area contributed by atoms with E-state index in [9.17, 15) is 4.39 Å². The second-order valence-electron chi connectivity index (χ2n) is 4.37. The van der Waals surface area contributed by atoms with Crippen molar-refractivity contribution in [3.63, 3.8) is 0 Å². The van der Waals surface area contributed by atoms with Gasteiger partial charge >= 0.3 is 0 Å². The van der Waals surface area contributed by atoms with Gasteiger partial charge in [0.2, 0.25) is 5.82 Å². The normalized spacial score (nSPS) is 10.7. The van der Waals surface area contributed by atoms with Crippen molar-refractivity contribution in [2.75, 3.05) is 0 Å². The molecule has 0 aliphatic heterocycles. The van der Waals surface area contributed by atoms with Crippen molar-refractivity contribution in [1.29, 1.82) is 0 Å². The molecule has 1 heterocycles. The highest BCUT2D eigenvalue weighted by Crippen LogP contribution is 2.30. The van der Waals surface area contributed by atoms with Crippen LogP contribution in [0.4, 0.5) is 4.39 Å². The minimum Gasteiger partial charge on any atom is -0.487 e. The number of ether oxygens (including phenoxy) is 1. The van der Waals surface area contributed by atoms with Gasteiger partial charge in [0.1, 0.15) is 18.2 Å². The van der Waals surface area contributed by atoms with E-state index in [4.69, 9.17) is 27.9 Å². The smallest absolute Gasteiger partial charge is 0.204 e. The monoisotopic (exact) mass is 338 g/mol. The molecule has 3 rings (SSSR count). The molecule has 0 unspecified atom stereocenters. The lowest BCUT2D eigenvalue weighted by Crippen LogP contribution is -2.00. The summed E-state index contributed by atoms with van der Waals surface area (Å²) in [4.78, 5) is 0. The lowest BCUT2D eigenvalue weighted by Gasteiger charge is -2.10. The van der Waals surface area contributed by atoms with Crippen LogP contribution in [0, 0.1) is 5.82 Å². The van der Waals surface area contributed by atoms with E-state index in [2.05, 4.69) is 20.6 Å². The van der Waals surface area contributed by atoms with Crippen molar-refractivity contribution in [3.8, 4) is 17.1 Å². The molecule has 112 valence electrons. The molecule has 1 N–H and O–H groups in total. The lowest BCUT2D eigenvalue weighted by molar-refractivity contribution is 0.300. The summed E-state index contributed by atoms with van der Waals surface area (Å²) < 4.78 is 19.2. The van der Waals surface area contributed by atoms with Gasteiger partial charge in [0.15, 0.2) is 0 Å². The summed E-state index contributed by atoms with van der Waals surface area (Å²) in [6.07, 6.45) is 0. The number of benzene rings is 2. The van der Waals surface area contributed by atoms with Gasteiger partial charge in [-0.25, -0.2) is 4.39 Å². The Morgan fingerprint density at radius 2 is 2.00 bits per heavy atom. The van der Waals surface area contributed by atoms with Crippen LogP contribution in [0.15, 0.2) is 36.4 Å². The molecule has 0 saturated heterocycles. The molecule has 0 radical (unpaired) electrons. The van der Waals surface area contributed by atoms with Gasteiger partial charge in [-0.05, 0) is 35.5 Å². The molecular formula is C14H9Cl2FN4O. The second kappa shape index (κ2) is 6.29. The maximum absolute atomic E-state index is 13.7. The van der Waals surface area contributed by atoms with E-state index in [0.29, 0.717) is 27.2 Å². The van der Waals surface area contributed by atoms with Gasteiger partial charge in [0, 0.05) is 11.1 Å². The minimum atomic E-state index is -0.424. The number of nitrogens with one attached hydrogen (secondary N) is 1. The molecule has 22 heavy (non-hydrogen) atoms. The van der Waals surface area contributed by atoms with Crippen molar-refractivity contribution in [3.05, 3.63) is 57.8 Å². The average Bonchev–Trinajstić information content (AvgIpc) is 3.02. The SMILES string of the molecule is Fc1cccc(Cl)c1COc1ccc(-c2nn[nH]n2)cc1Cl. The molecule has 0 saturated carbocycles. The van der Waals surface area contributed by atoms with Crippen molar-refractivity contribution in [2.45, 2.75) is 6.61 Å². The number of rotatable bonds is 4. The van der Waals surface area contributed by atoms with Crippen LogP contribution in [0.1, 0.15) is 5.56 Å². The third kappa shape index (κ3) is 3.03. The lowest BCUT2D eigenvalue weighted by atomic mass is 10.2. The van der Waals surface area contributed by atoms with E-state index in [1.807, 2.05) is 0 Å². The molecular weight excluding hydrogens is 330 g/mol. The first-order chi connectivity index (χ1) is 10.6. The molecule has 0 aliphatic carbocycles. The highest BCUT2D eigenvalue weighted by Gasteiger charge is 2.11. The topological polar surface area (TPSA) is 63.7 Å². The number of hydrogen-bond donors (Lipinski definition) is 1. The maximum atomic E-state index is 13.7. The molecule has 0 bridgehead atoms. The van der Waals surface area contributed by atoms with Gasteiger partial charge in [-0.3, -0.25) is 0 Å². The van der Waals surface area contributed by atoms with Crippen molar-refractivity contribution in [1.82, 2.24) is 20.6 Å². The largest absolute Gasteiger partial charge is 0.487 e. The zero-order valence-corrected chi connectivity index (χ0v) is 12.6. The van der Waals surface area contributed by atoms with Crippen LogP contribution in [0.5, 0.6) is 5.75 Å². The summed E-state index contributed by atoms with van der Waals surface area (Å²) in [5.41, 5.74) is 0.970. The first-order valence-electron chi connectivity index (χ1n) is 6.24. The number of aromatic nitrogens is 4. The Bertz CT molecular complexity index is 775. The van der Waals surface area contributed by atoms with Crippen molar-refractivity contribution >= 4 is 23.2 Å². The molecule has 0 aliphatic rings. The summed E-state index contributed by atoms with van der Waals surface area (Å²) in [5, 5.41) is 14.2. The van der Waals surface area contributed by atoms with Crippen molar-refractivity contribution < 1.29 is 9.13 Å². The molecule has 1 aromatic heterocycles. The maximum Gasteiger partial charge on any atom is 0.204 e. The average molecular weight is 339 g/mol. The fourth-order valence-electron chi connectivity index (χ4n) is 1.86. The molecule has 0 fully saturated rings. The first-order valence-corrected chi connectivity index (χ1v) is 7.00. The predicted molar refractivity (Wildman–Crippen MR) is 80.4 cm³/mol. The van der Waals surface area contributed by atoms with Gasteiger partial charge < -0.3 is 4.74 Å². The Balaban J connectivity index is 1.79.